The van der Waals surface area contributed by atoms with Crippen molar-refractivity contribution >= 4 is 61.9 Å². The van der Waals surface area contributed by atoms with E-state index in [0.717, 1.165) is 20.3 Å². The third-order valence-corrected chi connectivity index (χ3v) is 8.44. The number of ether oxygens (including phenoxy) is 1. The van der Waals surface area contributed by atoms with Crippen molar-refractivity contribution in [3.8, 4) is 0 Å². The van der Waals surface area contributed by atoms with Crippen LogP contribution in [-0.2, 0) is 4.74 Å². The predicted molar refractivity (Wildman–Crippen MR) is 136 cm³/mol. The number of fused-ring (bicyclic) bond motifs is 2. The molecule has 0 saturated carbocycles. The third-order valence-electron chi connectivity index (χ3n) is 5.97. The number of para-hydroxylation sites is 1. The molecule has 0 radical (unpaired) electrons. The number of benzene rings is 1. The molecule has 0 amide bonds. The van der Waals surface area contributed by atoms with E-state index in [4.69, 9.17) is 21.3 Å². The molecule has 1 saturated heterocycles. The van der Waals surface area contributed by atoms with Gasteiger partial charge < -0.3 is 25.4 Å². The number of nitrogens with zero attached hydrogens (tertiary/aromatic N) is 5. The molecule has 4 heterocycles. The molecule has 186 valence electrons. The Morgan fingerprint density at radius 3 is 2.71 bits per heavy atom. The van der Waals surface area contributed by atoms with Gasteiger partial charge in [-0.1, -0.05) is 37.7 Å². The Bertz CT molecular complexity index is 1300. The number of halogens is 1. The van der Waals surface area contributed by atoms with Crippen molar-refractivity contribution in [2.75, 3.05) is 17.7 Å². The van der Waals surface area contributed by atoms with Gasteiger partial charge in [0, 0.05) is 11.8 Å². The van der Waals surface area contributed by atoms with Gasteiger partial charge >= 0.3 is 0 Å². The van der Waals surface area contributed by atoms with Gasteiger partial charge in [-0.25, -0.2) is 9.97 Å². The molecular formula is C22H25ClN6O4S2. The van der Waals surface area contributed by atoms with Crippen molar-refractivity contribution in [1.29, 1.82) is 0 Å². The van der Waals surface area contributed by atoms with Crippen LogP contribution in [0.4, 0.5) is 5.82 Å². The van der Waals surface area contributed by atoms with Crippen molar-refractivity contribution in [3.05, 3.63) is 35.9 Å². The van der Waals surface area contributed by atoms with Gasteiger partial charge in [-0.3, -0.25) is 4.57 Å². The van der Waals surface area contributed by atoms with Gasteiger partial charge in [0.15, 0.2) is 27.5 Å². The Labute approximate surface area is 214 Å². The molecule has 4 aromatic rings. The maximum atomic E-state index is 10.4. The number of hydrogen-bond acceptors (Lipinski definition) is 11. The highest BCUT2D eigenvalue weighted by Crippen LogP contribution is 2.34. The molecule has 3 aromatic heterocycles. The Balaban J connectivity index is 1.39. The second kappa shape index (κ2) is 10.1. The van der Waals surface area contributed by atoms with Crippen LogP contribution in [0.25, 0.3) is 21.4 Å². The fourth-order valence-electron chi connectivity index (χ4n) is 3.94. The summed E-state index contributed by atoms with van der Waals surface area (Å²) in [5.41, 5.74) is 1.81. The van der Waals surface area contributed by atoms with E-state index in [2.05, 4.69) is 40.2 Å². The molecular weight excluding hydrogens is 512 g/mol. The summed E-state index contributed by atoms with van der Waals surface area (Å²) in [6, 6.07) is 8.10. The van der Waals surface area contributed by atoms with Gasteiger partial charge in [0.05, 0.1) is 23.2 Å². The molecule has 0 aliphatic carbocycles. The zero-order chi connectivity index (χ0) is 24.7. The quantitative estimate of drug-likeness (QED) is 0.196. The minimum absolute atomic E-state index is 0.00910. The van der Waals surface area contributed by atoms with Crippen molar-refractivity contribution in [1.82, 2.24) is 24.5 Å². The molecule has 1 unspecified atom stereocenters. The SMILES string of the molecule is CC(C)C(CSc1nc2ccccc2s1)Nc1nc(Cl)nc2c1ncn2[C@@H]1O[C@H](CO)[C@@H](O)[C@H]1O. The Kier molecular flexibility index (Phi) is 7.13. The molecule has 5 atom stereocenters. The second-order valence-corrected chi connectivity index (χ2v) is 11.3. The number of rotatable bonds is 8. The Morgan fingerprint density at radius 2 is 2.00 bits per heavy atom. The summed E-state index contributed by atoms with van der Waals surface area (Å²) >= 11 is 9.60. The lowest BCUT2D eigenvalue weighted by Gasteiger charge is -2.22. The molecule has 1 fully saturated rings. The molecule has 5 rings (SSSR count). The van der Waals surface area contributed by atoms with Gasteiger partial charge in [-0.05, 0) is 29.7 Å². The summed E-state index contributed by atoms with van der Waals surface area (Å²) in [5.74, 6) is 1.48. The summed E-state index contributed by atoms with van der Waals surface area (Å²) in [6.45, 7) is 3.81. The average molecular weight is 537 g/mol. The van der Waals surface area contributed by atoms with Crippen LogP contribution in [0, 0.1) is 5.92 Å². The van der Waals surface area contributed by atoms with E-state index >= 15 is 0 Å². The monoisotopic (exact) mass is 536 g/mol. The van der Waals surface area contributed by atoms with Crippen LogP contribution < -0.4 is 5.32 Å². The van der Waals surface area contributed by atoms with Gasteiger partial charge in [0.25, 0.3) is 0 Å². The van der Waals surface area contributed by atoms with Crippen molar-refractivity contribution in [2.45, 2.75) is 48.8 Å². The number of anilines is 1. The fourth-order valence-corrected chi connectivity index (χ4v) is 6.46. The number of thioether (sulfide) groups is 1. The number of imidazole rings is 1. The van der Waals surface area contributed by atoms with Crippen LogP contribution in [0.3, 0.4) is 0 Å². The van der Waals surface area contributed by atoms with E-state index in [0.29, 0.717) is 17.0 Å². The minimum Gasteiger partial charge on any atom is -0.394 e. The maximum Gasteiger partial charge on any atom is 0.226 e. The maximum absolute atomic E-state index is 10.4. The highest BCUT2D eigenvalue weighted by Gasteiger charge is 2.44. The number of aromatic nitrogens is 5. The normalized spacial score (nSPS) is 23.5. The molecule has 0 bridgehead atoms. The lowest BCUT2D eigenvalue weighted by Crippen LogP contribution is -2.33. The van der Waals surface area contributed by atoms with Crippen molar-refractivity contribution < 1.29 is 20.1 Å². The zero-order valence-corrected chi connectivity index (χ0v) is 21.3. The number of nitrogens with one attached hydrogen (secondary N) is 1. The third kappa shape index (κ3) is 4.84. The van der Waals surface area contributed by atoms with E-state index in [9.17, 15) is 15.3 Å². The van der Waals surface area contributed by atoms with E-state index in [1.54, 1.807) is 23.1 Å². The number of thiazole rings is 1. The smallest absolute Gasteiger partial charge is 0.226 e. The zero-order valence-electron chi connectivity index (χ0n) is 18.9. The molecule has 10 nitrogen and oxygen atoms in total. The van der Waals surface area contributed by atoms with Crippen LogP contribution in [0.5, 0.6) is 0 Å². The lowest BCUT2D eigenvalue weighted by atomic mass is 10.1. The number of aliphatic hydroxyl groups excluding tert-OH is 3. The molecule has 4 N–H and O–H groups in total. The first kappa shape index (κ1) is 24.6. The number of aliphatic hydroxyl groups is 3. The van der Waals surface area contributed by atoms with Crippen LogP contribution in [0.1, 0.15) is 20.1 Å². The molecule has 1 aromatic carbocycles. The highest BCUT2D eigenvalue weighted by atomic mass is 35.5. The van der Waals surface area contributed by atoms with Crippen LogP contribution in [-0.4, -0.2) is 76.5 Å². The Hall–Kier alpha value is -2.06. The number of hydrogen-bond donors (Lipinski definition) is 4. The largest absolute Gasteiger partial charge is 0.394 e. The molecule has 35 heavy (non-hydrogen) atoms. The Morgan fingerprint density at radius 1 is 1.20 bits per heavy atom. The lowest BCUT2D eigenvalue weighted by molar-refractivity contribution is -0.0511. The first-order valence-electron chi connectivity index (χ1n) is 11.1. The van der Waals surface area contributed by atoms with E-state index in [1.165, 1.54) is 10.9 Å². The predicted octanol–water partition coefficient (Wildman–Crippen LogP) is 2.93. The topological polar surface area (TPSA) is 138 Å². The second-order valence-electron chi connectivity index (χ2n) is 8.65. The van der Waals surface area contributed by atoms with E-state index in [1.807, 2.05) is 18.2 Å². The van der Waals surface area contributed by atoms with Gasteiger partial charge in [0.2, 0.25) is 5.28 Å². The molecule has 1 aliphatic heterocycles. The molecule has 13 heteroatoms. The van der Waals surface area contributed by atoms with Crippen molar-refractivity contribution in [3.63, 3.8) is 0 Å². The fraction of sp³-hybridized carbons (Fsp3) is 0.455. The van der Waals surface area contributed by atoms with Crippen LogP contribution in [0.15, 0.2) is 34.9 Å². The highest BCUT2D eigenvalue weighted by molar-refractivity contribution is 8.01. The summed E-state index contributed by atoms with van der Waals surface area (Å²) in [7, 11) is 0. The van der Waals surface area contributed by atoms with Gasteiger partial charge in [-0.15, -0.1) is 11.3 Å². The summed E-state index contributed by atoms with van der Waals surface area (Å²) in [4.78, 5) is 17.8. The summed E-state index contributed by atoms with van der Waals surface area (Å²) < 4.78 is 9.29. The van der Waals surface area contributed by atoms with E-state index < -0.39 is 31.1 Å². The van der Waals surface area contributed by atoms with Gasteiger partial charge in [0.1, 0.15) is 18.3 Å². The van der Waals surface area contributed by atoms with Crippen LogP contribution in [0.2, 0.25) is 5.28 Å². The summed E-state index contributed by atoms with van der Waals surface area (Å²) in [5, 5.41) is 33.5. The minimum atomic E-state index is -1.26. The van der Waals surface area contributed by atoms with Crippen molar-refractivity contribution in [2.24, 2.45) is 5.92 Å². The van der Waals surface area contributed by atoms with Crippen LogP contribution >= 0.6 is 34.7 Å². The first-order valence-corrected chi connectivity index (χ1v) is 13.3. The average Bonchev–Trinajstić information content (AvgIpc) is 3.52. The standard InChI is InChI=1S/C22H25ClN6O4S2/c1-10(2)12(8-34-22-26-11-5-3-4-6-14(11)35-22)25-18-15-19(28-21(23)27-18)29(9-24-15)20-17(32)16(31)13(7-30)33-20/h3-6,9-10,12-13,16-17,20,30-32H,7-8H2,1-2H3,(H,25,27,28)/t12?,13-,16-,17-,20-/m1/s1. The first-order chi connectivity index (χ1) is 16.9. The van der Waals surface area contributed by atoms with Gasteiger partial charge in [-0.2, -0.15) is 9.97 Å². The van der Waals surface area contributed by atoms with E-state index in [-0.39, 0.29) is 17.2 Å². The molecule has 1 aliphatic rings. The summed E-state index contributed by atoms with van der Waals surface area (Å²) in [6.07, 6.45) is -2.92. The molecule has 0 spiro atoms.